The molecule has 0 radical (unpaired) electrons. The van der Waals surface area contributed by atoms with Gasteiger partial charge in [0.05, 0.1) is 25.3 Å². The minimum Gasteiger partial charge on any atom is -0.507 e. The summed E-state index contributed by atoms with van der Waals surface area (Å²) in [6.07, 6.45) is 1.58. The lowest BCUT2D eigenvalue weighted by atomic mass is 9.94. The van der Waals surface area contributed by atoms with E-state index < -0.39 is 17.7 Å². The van der Waals surface area contributed by atoms with Gasteiger partial charge >= 0.3 is 0 Å². The number of carbonyl (C=O) groups is 2. The van der Waals surface area contributed by atoms with Crippen molar-refractivity contribution in [2.75, 3.05) is 53.1 Å². The number of amides is 1. The molecule has 222 valence electrons. The summed E-state index contributed by atoms with van der Waals surface area (Å²) in [6.45, 7) is 12.8. The number of aliphatic hydroxyl groups excluding tert-OH is 1. The van der Waals surface area contributed by atoms with E-state index in [2.05, 4.69) is 32.6 Å². The Bertz CT molecular complexity index is 1270. The van der Waals surface area contributed by atoms with Crippen molar-refractivity contribution >= 4 is 17.4 Å². The smallest absolute Gasteiger partial charge is 0.295 e. The molecule has 9 heteroatoms. The second kappa shape index (κ2) is 13.8. The molecule has 0 spiro atoms. The zero-order chi connectivity index (χ0) is 29.5. The Kier molecular flexibility index (Phi) is 10.2. The van der Waals surface area contributed by atoms with Gasteiger partial charge in [-0.3, -0.25) is 9.59 Å². The SMILES string of the molecule is CCN(CC)CCCN1C(=O)C(=O)/C(=C(/O)c2ccc3c(c2)OCCO3)[C@H]1c1ccc(OCCC(C)C)c(OC)c1. The van der Waals surface area contributed by atoms with Crippen molar-refractivity contribution in [3.05, 3.63) is 53.1 Å². The number of Topliss-reactive ketones (excluding diaryl/α,β-unsaturated/α-hetero) is 1. The van der Waals surface area contributed by atoms with Crippen LogP contribution in [0.15, 0.2) is 42.0 Å². The molecule has 0 aromatic heterocycles. The first-order valence-electron chi connectivity index (χ1n) is 14.5. The molecule has 0 saturated carbocycles. The van der Waals surface area contributed by atoms with Gasteiger partial charge in [-0.05, 0) is 74.3 Å². The zero-order valence-corrected chi connectivity index (χ0v) is 24.8. The van der Waals surface area contributed by atoms with Crippen molar-refractivity contribution in [2.45, 2.75) is 46.6 Å². The fourth-order valence-corrected chi connectivity index (χ4v) is 5.19. The fourth-order valence-electron chi connectivity index (χ4n) is 5.19. The Hall–Kier alpha value is -3.72. The molecule has 0 aliphatic carbocycles. The summed E-state index contributed by atoms with van der Waals surface area (Å²) < 4.78 is 22.9. The summed E-state index contributed by atoms with van der Waals surface area (Å²) in [5, 5.41) is 11.5. The molecule has 2 heterocycles. The first-order valence-corrected chi connectivity index (χ1v) is 14.5. The van der Waals surface area contributed by atoms with Crippen molar-refractivity contribution in [1.82, 2.24) is 9.80 Å². The lowest BCUT2D eigenvalue weighted by Gasteiger charge is -2.27. The lowest BCUT2D eigenvalue weighted by Crippen LogP contribution is -2.33. The van der Waals surface area contributed by atoms with Crippen LogP contribution in [0.4, 0.5) is 0 Å². The average Bonchev–Trinajstić information content (AvgIpc) is 3.23. The standard InChI is InChI=1S/C32H42N2O7/c1-6-33(7-2)14-8-15-34-29(22-9-11-24(26(19-22)38-5)39-16-13-21(3)4)28(31(36)32(34)37)30(35)23-10-12-25-27(20-23)41-18-17-40-25/h9-12,19-21,29,35H,6-8,13-18H2,1-5H3/b30-28+/t29-/m1/s1. The number of likely N-dealkylation sites (tertiary alicyclic amines) is 1. The average molecular weight is 567 g/mol. The summed E-state index contributed by atoms with van der Waals surface area (Å²) in [5.74, 6) is 1.02. The number of ether oxygens (including phenoxy) is 4. The van der Waals surface area contributed by atoms with Gasteiger partial charge in [-0.25, -0.2) is 0 Å². The van der Waals surface area contributed by atoms with Gasteiger partial charge in [-0.1, -0.05) is 33.8 Å². The monoisotopic (exact) mass is 566 g/mol. The van der Waals surface area contributed by atoms with Gasteiger partial charge in [0.15, 0.2) is 23.0 Å². The highest BCUT2D eigenvalue weighted by Crippen LogP contribution is 2.43. The molecular weight excluding hydrogens is 524 g/mol. The van der Waals surface area contributed by atoms with E-state index in [-0.39, 0.29) is 11.3 Å². The molecule has 1 saturated heterocycles. The second-order valence-corrected chi connectivity index (χ2v) is 10.7. The number of rotatable bonds is 13. The molecule has 41 heavy (non-hydrogen) atoms. The third-order valence-electron chi connectivity index (χ3n) is 7.58. The number of benzene rings is 2. The second-order valence-electron chi connectivity index (χ2n) is 10.7. The van der Waals surface area contributed by atoms with Crippen LogP contribution in [-0.2, 0) is 9.59 Å². The van der Waals surface area contributed by atoms with E-state index >= 15 is 0 Å². The molecule has 2 aliphatic rings. The minimum atomic E-state index is -0.793. The molecule has 0 bridgehead atoms. The highest BCUT2D eigenvalue weighted by molar-refractivity contribution is 6.46. The van der Waals surface area contributed by atoms with Crippen LogP contribution in [0, 0.1) is 5.92 Å². The van der Waals surface area contributed by atoms with Crippen LogP contribution in [-0.4, -0.2) is 79.7 Å². The first kappa shape index (κ1) is 30.2. The number of ketones is 1. The molecular formula is C32H42N2O7. The van der Waals surface area contributed by atoms with Crippen molar-refractivity contribution in [3.8, 4) is 23.0 Å². The van der Waals surface area contributed by atoms with Crippen molar-refractivity contribution in [3.63, 3.8) is 0 Å². The van der Waals surface area contributed by atoms with E-state index in [1.165, 1.54) is 0 Å². The largest absolute Gasteiger partial charge is 0.507 e. The molecule has 2 aliphatic heterocycles. The van der Waals surface area contributed by atoms with Gasteiger partial charge in [0, 0.05) is 12.1 Å². The van der Waals surface area contributed by atoms with E-state index in [1.807, 2.05) is 6.07 Å². The number of hydrogen-bond acceptors (Lipinski definition) is 8. The fraction of sp³-hybridized carbons (Fsp3) is 0.500. The third-order valence-corrected chi connectivity index (χ3v) is 7.58. The maximum atomic E-state index is 13.5. The van der Waals surface area contributed by atoms with Gasteiger partial charge in [-0.15, -0.1) is 0 Å². The van der Waals surface area contributed by atoms with Crippen LogP contribution >= 0.6 is 0 Å². The van der Waals surface area contributed by atoms with E-state index in [4.69, 9.17) is 18.9 Å². The van der Waals surface area contributed by atoms with Crippen LogP contribution < -0.4 is 18.9 Å². The van der Waals surface area contributed by atoms with Crippen LogP contribution in [0.5, 0.6) is 23.0 Å². The highest BCUT2D eigenvalue weighted by Gasteiger charge is 2.46. The zero-order valence-electron chi connectivity index (χ0n) is 24.8. The first-order chi connectivity index (χ1) is 19.8. The summed E-state index contributed by atoms with van der Waals surface area (Å²) in [5.41, 5.74) is 1.06. The Morgan fingerprint density at radius 1 is 1.05 bits per heavy atom. The van der Waals surface area contributed by atoms with Gasteiger partial charge in [0.25, 0.3) is 11.7 Å². The van der Waals surface area contributed by atoms with E-state index in [0.717, 1.165) is 26.1 Å². The number of hydrogen-bond donors (Lipinski definition) is 1. The number of aliphatic hydroxyl groups is 1. The molecule has 1 N–H and O–H groups in total. The Balaban J connectivity index is 1.74. The van der Waals surface area contributed by atoms with Crippen LogP contribution in [0.1, 0.15) is 57.7 Å². The van der Waals surface area contributed by atoms with Gasteiger partial charge < -0.3 is 33.9 Å². The predicted octanol–water partition coefficient (Wildman–Crippen LogP) is 5.04. The van der Waals surface area contributed by atoms with Gasteiger partial charge in [-0.2, -0.15) is 0 Å². The number of nitrogens with zero attached hydrogens (tertiary/aromatic N) is 2. The maximum absolute atomic E-state index is 13.5. The highest BCUT2D eigenvalue weighted by atomic mass is 16.6. The van der Waals surface area contributed by atoms with Crippen molar-refractivity contribution in [2.24, 2.45) is 5.92 Å². The molecule has 1 amide bonds. The van der Waals surface area contributed by atoms with Crippen molar-refractivity contribution < 1.29 is 33.6 Å². The molecule has 1 atom stereocenters. The van der Waals surface area contributed by atoms with E-state index in [1.54, 1.807) is 42.3 Å². The topological polar surface area (TPSA) is 97.8 Å². The number of carbonyl (C=O) groups excluding carboxylic acids is 2. The normalized spacial score (nSPS) is 17.9. The van der Waals surface area contributed by atoms with Crippen LogP contribution in [0.3, 0.4) is 0 Å². The minimum absolute atomic E-state index is 0.0325. The van der Waals surface area contributed by atoms with Crippen molar-refractivity contribution in [1.29, 1.82) is 0 Å². The summed E-state index contributed by atoms with van der Waals surface area (Å²) in [4.78, 5) is 30.8. The number of methoxy groups -OCH3 is 1. The summed E-state index contributed by atoms with van der Waals surface area (Å²) >= 11 is 0. The maximum Gasteiger partial charge on any atom is 0.295 e. The summed E-state index contributed by atoms with van der Waals surface area (Å²) in [6, 6.07) is 9.63. The van der Waals surface area contributed by atoms with Gasteiger partial charge in [0.1, 0.15) is 19.0 Å². The predicted molar refractivity (Wildman–Crippen MR) is 157 cm³/mol. The molecule has 9 nitrogen and oxygen atoms in total. The summed E-state index contributed by atoms with van der Waals surface area (Å²) in [7, 11) is 1.56. The lowest BCUT2D eigenvalue weighted by molar-refractivity contribution is -0.140. The van der Waals surface area contributed by atoms with E-state index in [9.17, 15) is 14.7 Å². The molecule has 2 aromatic carbocycles. The third kappa shape index (κ3) is 6.78. The Labute approximate surface area is 242 Å². The quantitative estimate of drug-likeness (QED) is 0.205. The molecule has 1 fully saturated rings. The Morgan fingerprint density at radius 2 is 1.78 bits per heavy atom. The Morgan fingerprint density at radius 3 is 2.46 bits per heavy atom. The van der Waals surface area contributed by atoms with Crippen LogP contribution in [0.25, 0.3) is 5.76 Å². The molecule has 4 rings (SSSR count). The molecule has 0 unspecified atom stereocenters. The van der Waals surface area contributed by atoms with Gasteiger partial charge in [0.2, 0.25) is 0 Å². The number of fused-ring (bicyclic) bond motifs is 1. The van der Waals surface area contributed by atoms with E-state index in [0.29, 0.717) is 72.8 Å². The van der Waals surface area contributed by atoms with Crippen LogP contribution in [0.2, 0.25) is 0 Å². The molecule has 2 aromatic rings.